The van der Waals surface area contributed by atoms with Gasteiger partial charge in [-0.05, 0) is 50.2 Å². The Balaban J connectivity index is 0.00000225. The van der Waals surface area contributed by atoms with Crippen LogP contribution in [0.15, 0.2) is 91.0 Å². The zero-order valence-electron chi connectivity index (χ0n) is 14.8. The van der Waals surface area contributed by atoms with Crippen molar-refractivity contribution in [3.05, 3.63) is 91.0 Å². The molecule has 0 bridgehead atoms. The van der Waals surface area contributed by atoms with Gasteiger partial charge in [-0.15, -0.1) is 0 Å². The Morgan fingerprint density at radius 2 is 0.840 bits per heavy atom. The van der Waals surface area contributed by atoms with Crippen LogP contribution in [0.5, 0.6) is 0 Å². The van der Waals surface area contributed by atoms with E-state index in [1.807, 2.05) is 0 Å². The molecule has 0 heterocycles. The van der Waals surface area contributed by atoms with Gasteiger partial charge in [-0.25, -0.2) is 0 Å². The minimum absolute atomic E-state index is 0. The second kappa shape index (κ2) is 9.29. The van der Waals surface area contributed by atoms with Crippen LogP contribution in [0.25, 0.3) is 0 Å². The molecule has 3 aromatic carbocycles. The highest BCUT2D eigenvalue weighted by molar-refractivity contribution is 7.93. The lowest BCUT2D eigenvalue weighted by Gasteiger charge is -2.35. The van der Waals surface area contributed by atoms with Gasteiger partial charge in [-0.1, -0.05) is 54.6 Å². The molecule has 0 amide bonds. The van der Waals surface area contributed by atoms with Gasteiger partial charge in [0.25, 0.3) is 0 Å². The number of halogens is 1. The maximum atomic E-state index is 2.66. The highest BCUT2D eigenvalue weighted by Crippen LogP contribution is 2.58. The molecule has 0 N–H and O–H groups in total. The first kappa shape index (κ1) is 19.8. The molecule has 0 atom stereocenters. The summed E-state index contributed by atoms with van der Waals surface area (Å²) in [7, 11) is -1.83. The van der Waals surface area contributed by atoms with E-state index in [4.69, 9.17) is 0 Å². The quantitative estimate of drug-likeness (QED) is 0.549. The van der Waals surface area contributed by atoms with Crippen molar-refractivity contribution >= 4 is 23.3 Å². The summed E-state index contributed by atoms with van der Waals surface area (Å²) in [6.45, 7) is 6.60. The van der Waals surface area contributed by atoms with E-state index in [9.17, 15) is 0 Å². The Kier molecular flexibility index (Phi) is 7.38. The molecule has 1 nitrogen and oxygen atoms in total. The minimum atomic E-state index is -1.83. The van der Waals surface area contributed by atoms with E-state index in [0.29, 0.717) is 0 Å². The first-order valence-corrected chi connectivity index (χ1v) is 10.4. The molecule has 0 saturated heterocycles. The summed E-state index contributed by atoms with van der Waals surface area (Å²) in [5.74, 6) is 0. The summed E-state index contributed by atoms with van der Waals surface area (Å²) in [5, 5.41) is 4.27. The number of nitrogens with zero attached hydrogens (tertiary/aromatic N) is 1. The molecule has 0 radical (unpaired) electrons. The van der Waals surface area contributed by atoms with Gasteiger partial charge < -0.3 is 17.0 Å². The molecular weight excluding hydrogens is 389 g/mol. The monoisotopic (exact) mass is 413 g/mol. The van der Waals surface area contributed by atoms with Crippen LogP contribution in [0.2, 0.25) is 0 Å². The topological polar surface area (TPSA) is 3.24 Å². The Bertz CT molecular complexity index is 646. The van der Waals surface area contributed by atoms with Crippen LogP contribution in [0.3, 0.4) is 0 Å². The average molecular weight is 414 g/mol. The Morgan fingerprint density at radius 1 is 0.560 bits per heavy atom. The van der Waals surface area contributed by atoms with Gasteiger partial charge in [0, 0.05) is 13.1 Å². The fourth-order valence-corrected chi connectivity index (χ4v) is 8.05. The predicted octanol–water partition coefficient (Wildman–Crippen LogP) is 1.24. The molecule has 3 aromatic rings. The lowest BCUT2D eigenvalue weighted by Crippen LogP contribution is -3.00. The zero-order chi connectivity index (χ0) is 16.8. The van der Waals surface area contributed by atoms with E-state index in [1.165, 1.54) is 15.9 Å². The number of benzene rings is 3. The summed E-state index contributed by atoms with van der Waals surface area (Å²) >= 11 is 0. The van der Waals surface area contributed by atoms with Gasteiger partial charge >= 0.3 is 0 Å². The Labute approximate surface area is 162 Å². The van der Waals surface area contributed by atoms with Crippen LogP contribution in [0.1, 0.15) is 13.8 Å². The van der Waals surface area contributed by atoms with Gasteiger partial charge in [0.2, 0.25) is 0 Å². The highest BCUT2D eigenvalue weighted by Gasteiger charge is 2.50. The molecule has 3 rings (SSSR count). The van der Waals surface area contributed by atoms with Crippen molar-refractivity contribution in [2.45, 2.75) is 13.8 Å². The second-order valence-electron chi connectivity index (χ2n) is 5.78. The third kappa shape index (κ3) is 3.72. The first-order valence-electron chi connectivity index (χ1n) is 8.65. The molecule has 3 heteroatoms. The normalized spacial score (nSPS) is 11.2. The van der Waals surface area contributed by atoms with Gasteiger partial charge in [0.05, 0.1) is 0 Å². The largest absolute Gasteiger partial charge is 1.00 e. The summed E-state index contributed by atoms with van der Waals surface area (Å²) in [4.78, 5) is 0. The van der Waals surface area contributed by atoms with Crippen molar-refractivity contribution in [3.63, 3.8) is 0 Å². The minimum Gasteiger partial charge on any atom is -1.00 e. The third-order valence-electron chi connectivity index (χ3n) is 4.54. The maximum absolute atomic E-state index is 2.66. The fourth-order valence-electron chi connectivity index (χ4n) is 3.52. The van der Waals surface area contributed by atoms with Crippen LogP contribution >= 0.6 is 7.41 Å². The van der Waals surface area contributed by atoms with Crippen molar-refractivity contribution in [1.29, 1.82) is 0 Å². The van der Waals surface area contributed by atoms with Crippen LogP contribution in [0.4, 0.5) is 0 Å². The van der Waals surface area contributed by atoms with Crippen molar-refractivity contribution in [2.75, 3.05) is 13.1 Å². The fraction of sp³-hybridized carbons (Fsp3) is 0.182. The molecule has 0 aliphatic rings. The highest BCUT2D eigenvalue weighted by atomic mass is 79.9. The lowest BCUT2D eigenvalue weighted by molar-refractivity contribution is -0.00000487. The van der Waals surface area contributed by atoms with E-state index < -0.39 is 7.41 Å². The molecule has 0 saturated carbocycles. The number of hydrogen-bond acceptors (Lipinski definition) is 1. The zero-order valence-corrected chi connectivity index (χ0v) is 17.3. The molecule has 0 aromatic heterocycles. The smallest absolute Gasteiger partial charge is 0.181 e. The molecule has 130 valence electrons. The second-order valence-corrected chi connectivity index (χ2v) is 9.17. The Hall–Kier alpha value is -1.47. The third-order valence-corrected chi connectivity index (χ3v) is 9.09. The number of hydrogen-bond donors (Lipinski definition) is 0. The van der Waals surface area contributed by atoms with E-state index >= 15 is 0 Å². The summed E-state index contributed by atoms with van der Waals surface area (Å²) in [6.07, 6.45) is 0. The van der Waals surface area contributed by atoms with Gasteiger partial charge in [-0.3, -0.25) is 0 Å². The standard InChI is InChI=1S/C22H25NP.BrH/c1-3-23(4-2)24(20-14-8-5-9-15-20,21-16-10-6-11-17-21)22-18-12-7-13-19-22;/h5-19H,3-4H2,1-2H3;1H/q+1;/p-1. The summed E-state index contributed by atoms with van der Waals surface area (Å²) in [6, 6.07) is 33.1. The van der Waals surface area contributed by atoms with Gasteiger partial charge in [0.1, 0.15) is 15.9 Å². The van der Waals surface area contributed by atoms with Crippen LogP contribution < -0.4 is 32.9 Å². The predicted molar refractivity (Wildman–Crippen MR) is 108 cm³/mol. The number of rotatable bonds is 6. The Morgan fingerprint density at radius 3 is 1.08 bits per heavy atom. The van der Waals surface area contributed by atoms with Crippen LogP contribution in [0, 0.1) is 0 Å². The maximum Gasteiger partial charge on any atom is 0.181 e. The van der Waals surface area contributed by atoms with Crippen molar-refractivity contribution in [3.8, 4) is 0 Å². The average Bonchev–Trinajstić information content (AvgIpc) is 2.68. The van der Waals surface area contributed by atoms with E-state index in [1.54, 1.807) is 0 Å². The van der Waals surface area contributed by atoms with Crippen molar-refractivity contribution < 1.29 is 17.0 Å². The van der Waals surface area contributed by atoms with Crippen molar-refractivity contribution in [1.82, 2.24) is 4.67 Å². The summed E-state index contributed by atoms with van der Waals surface area (Å²) in [5.41, 5.74) is 0. The van der Waals surface area contributed by atoms with Gasteiger partial charge in [0.15, 0.2) is 7.41 Å². The van der Waals surface area contributed by atoms with Gasteiger partial charge in [-0.2, -0.15) is 4.67 Å². The molecular formula is C22H25BrNP. The lowest BCUT2D eigenvalue weighted by atomic mass is 10.4. The SMILES string of the molecule is CCN(CC)[P+](c1ccccc1)(c1ccccc1)c1ccccc1.[Br-]. The molecule has 0 spiro atoms. The van der Waals surface area contributed by atoms with E-state index in [0.717, 1.165) is 13.1 Å². The molecule has 0 unspecified atom stereocenters. The molecule has 0 fully saturated rings. The molecule has 25 heavy (non-hydrogen) atoms. The summed E-state index contributed by atoms with van der Waals surface area (Å²) < 4.78 is 2.66. The first-order chi connectivity index (χ1) is 11.8. The van der Waals surface area contributed by atoms with Crippen molar-refractivity contribution in [2.24, 2.45) is 0 Å². The molecule has 0 aliphatic heterocycles. The van der Waals surface area contributed by atoms with E-state index in [2.05, 4.69) is 110 Å². The van der Waals surface area contributed by atoms with E-state index in [-0.39, 0.29) is 17.0 Å². The molecule has 0 aliphatic carbocycles. The van der Waals surface area contributed by atoms with Crippen LogP contribution in [-0.4, -0.2) is 17.8 Å². The van der Waals surface area contributed by atoms with Crippen LogP contribution in [-0.2, 0) is 0 Å².